The summed E-state index contributed by atoms with van der Waals surface area (Å²) in [4.78, 5) is 10.4. The maximum atomic E-state index is 13.6. The molecule has 0 bridgehead atoms. The number of hydrogen-bond donors (Lipinski definition) is 3. The predicted molar refractivity (Wildman–Crippen MR) is 147 cm³/mol. The van der Waals surface area contributed by atoms with Crippen molar-refractivity contribution in [1.82, 2.24) is 9.62 Å². The van der Waals surface area contributed by atoms with Crippen LogP contribution in [0.15, 0.2) is 47.4 Å². The lowest BCUT2D eigenvalue weighted by molar-refractivity contribution is -0.138. The Morgan fingerprint density at radius 1 is 1.12 bits per heavy atom. The SMILES string of the molecule is CC(CCC(=O)O)c1cc(C(F)(F)F)cc(S(=O)(=O)N(C)C[C@@H](O)CNC(C)(C)CC2Cc3ccccc3C2)c1. The van der Waals surface area contributed by atoms with E-state index in [4.69, 9.17) is 5.11 Å². The third-order valence-corrected chi connectivity index (χ3v) is 9.34. The Labute approximate surface area is 234 Å². The lowest BCUT2D eigenvalue weighted by Crippen LogP contribution is -2.47. The number of carboxylic acid groups (broad SMARTS) is 1. The number of rotatable bonds is 13. The summed E-state index contributed by atoms with van der Waals surface area (Å²) in [7, 11) is -3.16. The number of nitrogens with one attached hydrogen (secondary N) is 1. The number of sulfonamides is 1. The molecule has 0 aliphatic heterocycles. The minimum absolute atomic E-state index is 0.0546. The van der Waals surface area contributed by atoms with Gasteiger partial charge in [0.05, 0.1) is 16.6 Å². The number of nitrogens with zero attached hydrogens (tertiary/aromatic N) is 1. The normalized spacial score (nSPS) is 16.2. The average Bonchev–Trinajstić information content (AvgIpc) is 3.26. The van der Waals surface area contributed by atoms with Crippen LogP contribution >= 0.6 is 0 Å². The highest BCUT2D eigenvalue weighted by Crippen LogP contribution is 2.35. The fourth-order valence-electron chi connectivity index (χ4n) is 5.35. The Hall–Kier alpha value is -2.47. The molecule has 0 saturated carbocycles. The number of benzene rings is 2. The van der Waals surface area contributed by atoms with Gasteiger partial charge in [0.2, 0.25) is 10.0 Å². The van der Waals surface area contributed by atoms with Gasteiger partial charge in [-0.2, -0.15) is 17.5 Å². The molecule has 222 valence electrons. The Morgan fingerprint density at radius 2 is 1.73 bits per heavy atom. The molecule has 11 heteroatoms. The highest BCUT2D eigenvalue weighted by Gasteiger charge is 2.34. The summed E-state index contributed by atoms with van der Waals surface area (Å²) in [5.41, 5.74) is 1.33. The van der Waals surface area contributed by atoms with E-state index in [0.717, 1.165) is 35.7 Å². The number of aliphatic carboxylic acids is 1. The zero-order valence-corrected chi connectivity index (χ0v) is 24.1. The summed E-state index contributed by atoms with van der Waals surface area (Å²) in [6.45, 7) is 5.39. The van der Waals surface area contributed by atoms with E-state index in [1.165, 1.54) is 18.2 Å². The van der Waals surface area contributed by atoms with Gasteiger partial charge in [0.15, 0.2) is 0 Å². The van der Waals surface area contributed by atoms with Crippen molar-refractivity contribution in [3.8, 4) is 0 Å². The molecule has 7 nitrogen and oxygen atoms in total. The molecule has 0 spiro atoms. The van der Waals surface area contributed by atoms with Crippen molar-refractivity contribution in [3.63, 3.8) is 0 Å². The lowest BCUT2D eigenvalue weighted by atomic mass is 9.88. The molecule has 2 atom stereocenters. The fraction of sp³-hybridized carbons (Fsp3) is 0.552. The number of likely N-dealkylation sites (N-methyl/N-ethyl adjacent to an activating group) is 1. The number of alkyl halides is 3. The molecule has 1 aliphatic carbocycles. The zero-order chi connectivity index (χ0) is 29.9. The summed E-state index contributed by atoms with van der Waals surface area (Å²) < 4.78 is 68.2. The molecule has 3 rings (SSSR count). The van der Waals surface area contributed by atoms with Gasteiger partial charge in [-0.3, -0.25) is 4.79 Å². The molecular weight excluding hydrogens is 545 g/mol. The fourth-order valence-corrected chi connectivity index (χ4v) is 6.64. The molecular formula is C29H39F3N2O5S. The van der Waals surface area contributed by atoms with E-state index in [9.17, 15) is 31.5 Å². The highest BCUT2D eigenvalue weighted by molar-refractivity contribution is 7.89. The second kappa shape index (κ2) is 12.6. The zero-order valence-electron chi connectivity index (χ0n) is 23.3. The minimum atomic E-state index is -4.79. The molecule has 2 aromatic rings. The van der Waals surface area contributed by atoms with Crippen LogP contribution in [-0.4, -0.2) is 60.7 Å². The van der Waals surface area contributed by atoms with Gasteiger partial charge in [0.25, 0.3) is 0 Å². The van der Waals surface area contributed by atoms with Crippen LogP contribution in [-0.2, 0) is 33.8 Å². The molecule has 1 aliphatic rings. The van der Waals surface area contributed by atoms with Crippen LogP contribution in [0.3, 0.4) is 0 Å². The number of carboxylic acids is 1. The first kappa shape index (κ1) is 32.0. The van der Waals surface area contributed by atoms with E-state index in [0.29, 0.717) is 12.0 Å². The Kier molecular flexibility index (Phi) is 10.1. The van der Waals surface area contributed by atoms with Crippen molar-refractivity contribution < 1.29 is 36.6 Å². The molecule has 1 unspecified atom stereocenters. The standard InChI is InChI=1S/C29H39F3N2O5S/c1-19(9-10-27(36)37)23-13-24(29(30,31)32)15-26(14-23)40(38,39)34(4)18-25(35)17-33-28(2,3)16-20-11-21-7-5-6-8-22(21)12-20/h5-8,13-15,19-20,25,33,35H,9-12,16-18H2,1-4H3,(H,36,37)/t19?,25-/m0/s1. The molecule has 0 saturated heterocycles. The quantitative estimate of drug-likeness (QED) is 0.312. The smallest absolute Gasteiger partial charge is 0.416 e. The van der Waals surface area contributed by atoms with Gasteiger partial charge in [-0.05, 0) is 86.3 Å². The van der Waals surface area contributed by atoms with Gasteiger partial charge in [0, 0.05) is 32.1 Å². The number of aliphatic hydroxyl groups excluding tert-OH is 1. The molecule has 0 amide bonds. The average molecular weight is 585 g/mol. The van der Waals surface area contributed by atoms with Crippen molar-refractivity contribution in [2.45, 2.75) is 81.5 Å². The number of hydrogen-bond acceptors (Lipinski definition) is 5. The summed E-state index contributed by atoms with van der Waals surface area (Å²) >= 11 is 0. The van der Waals surface area contributed by atoms with E-state index in [1.807, 2.05) is 26.0 Å². The number of carbonyl (C=O) groups is 1. The van der Waals surface area contributed by atoms with E-state index >= 15 is 0 Å². The number of halogens is 3. The Morgan fingerprint density at radius 3 is 2.27 bits per heavy atom. The van der Waals surface area contributed by atoms with E-state index in [2.05, 4.69) is 17.4 Å². The molecule has 2 aromatic carbocycles. The second-order valence-corrected chi connectivity index (χ2v) is 13.6. The largest absolute Gasteiger partial charge is 0.481 e. The monoisotopic (exact) mass is 584 g/mol. The summed E-state index contributed by atoms with van der Waals surface area (Å²) in [6, 6.07) is 10.9. The third kappa shape index (κ3) is 8.52. The predicted octanol–water partition coefficient (Wildman–Crippen LogP) is 4.83. The summed E-state index contributed by atoms with van der Waals surface area (Å²) in [5, 5.41) is 22.9. The molecule has 40 heavy (non-hydrogen) atoms. The van der Waals surface area contributed by atoms with E-state index in [-0.39, 0.29) is 37.0 Å². The van der Waals surface area contributed by atoms with E-state index < -0.39 is 44.6 Å². The number of fused-ring (bicyclic) bond motifs is 1. The van der Waals surface area contributed by atoms with Gasteiger partial charge < -0.3 is 15.5 Å². The van der Waals surface area contributed by atoms with Crippen molar-refractivity contribution in [1.29, 1.82) is 0 Å². The Balaban J connectivity index is 1.65. The van der Waals surface area contributed by atoms with Gasteiger partial charge >= 0.3 is 12.1 Å². The number of β-amino-alcohol motifs (C(OH)–C–C–N with tert-alkyl or cyclic N) is 1. The first-order valence-corrected chi connectivity index (χ1v) is 14.8. The van der Waals surface area contributed by atoms with Crippen LogP contribution < -0.4 is 5.32 Å². The van der Waals surface area contributed by atoms with Crippen molar-refractivity contribution in [3.05, 3.63) is 64.7 Å². The highest BCUT2D eigenvalue weighted by atomic mass is 32.2. The van der Waals surface area contributed by atoms with Gasteiger partial charge in [-0.15, -0.1) is 0 Å². The summed E-state index contributed by atoms with van der Waals surface area (Å²) in [6.07, 6.45) is -3.27. The van der Waals surface area contributed by atoms with Crippen LogP contribution in [0.5, 0.6) is 0 Å². The van der Waals surface area contributed by atoms with Crippen LogP contribution in [0.25, 0.3) is 0 Å². The van der Waals surface area contributed by atoms with Crippen LogP contribution in [0.1, 0.15) is 68.2 Å². The third-order valence-electron chi connectivity index (χ3n) is 7.54. The topological polar surface area (TPSA) is 107 Å². The number of aliphatic hydroxyl groups is 1. The minimum Gasteiger partial charge on any atom is -0.481 e. The van der Waals surface area contributed by atoms with Gasteiger partial charge in [-0.1, -0.05) is 31.2 Å². The van der Waals surface area contributed by atoms with Crippen molar-refractivity contribution in [2.75, 3.05) is 20.1 Å². The van der Waals surface area contributed by atoms with Crippen LogP contribution in [0, 0.1) is 5.92 Å². The van der Waals surface area contributed by atoms with Crippen LogP contribution in [0.2, 0.25) is 0 Å². The van der Waals surface area contributed by atoms with Crippen molar-refractivity contribution >= 4 is 16.0 Å². The molecule has 0 heterocycles. The second-order valence-electron chi connectivity index (χ2n) is 11.6. The Bertz CT molecular complexity index is 1270. The lowest BCUT2D eigenvalue weighted by Gasteiger charge is -2.31. The van der Waals surface area contributed by atoms with Crippen LogP contribution in [0.4, 0.5) is 13.2 Å². The first-order valence-electron chi connectivity index (χ1n) is 13.4. The van der Waals surface area contributed by atoms with Crippen molar-refractivity contribution in [2.24, 2.45) is 5.92 Å². The molecule has 3 N–H and O–H groups in total. The van der Waals surface area contributed by atoms with E-state index in [1.54, 1.807) is 6.92 Å². The molecule has 0 aromatic heterocycles. The first-order chi connectivity index (χ1) is 18.5. The molecule has 0 fully saturated rings. The van der Waals surface area contributed by atoms with Gasteiger partial charge in [0.1, 0.15) is 0 Å². The summed E-state index contributed by atoms with van der Waals surface area (Å²) in [5.74, 6) is -1.25. The van der Waals surface area contributed by atoms with Gasteiger partial charge in [-0.25, -0.2) is 8.42 Å². The molecule has 0 radical (unpaired) electrons. The maximum absolute atomic E-state index is 13.6. The maximum Gasteiger partial charge on any atom is 0.416 e.